The molecule has 0 saturated carbocycles. The molecular formula is C21H17NO3. The summed E-state index contributed by atoms with van der Waals surface area (Å²) in [5, 5.41) is 2.91. The number of carbonyl (C=O) groups is 1. The Morgan fingerprint density at radius 1 is 0.760 bits per heavy atom. The third kappa shape index (κ3) is 3.33. The number of nitrogens with one attached hydrogen (secondary N) is 1. The number of ether oxygens (including phenoxy) is 2. The lowest BCUT2D eigenvalue weighted by Crippen LogP contribution is -2.17. The van der Waals surface area contributed by atoms with Crippen molar-refractivity contribution >= 4 is 11.6 Å². The van der Waals surface area contributed by atoms with Gasteiger partial charge in [-0.1, -0.05) is 42.5 Å². The molecule has 0 radical (unpaired) electrons. The van der Waals surface area contributed by atoms with E-state index < -0.39 is 0 Å². The summed E-state index contributed by atoms with van der Waals surface area (Å²) in [5.74, 6) is 1.11. The fraction of sp³-hybridized carbons (Fsp3) is 0.0952. The third-order valence-corrected chi connectivity index (χ3v) is 4.05. The van der Waals surface area contributed by atoms with Gasteiger partial charge in [-0.3, -0.25) is 4.79 Å². The molecule has 0 atom stereocenters. The lowest BCUT2D eigenvalue weighted by atomic mass is 10.1. The van der Waals surface area contributed by atoms with Crippen molar-refractivity contribution in [2.75, 3.05) is 18.5 Å². The summed E-state index contributed by atoms with van der Waals surface area (Å²) in [6.45, 7) is 1.03. The highest BCUT2D eigenvalue weighted by atomic mass is 16.6. The van der Waals surface area contributed by atoms with Crippen LogP contribution in [0, 0.1) is 0 Å². The monoisotopic (exact) mass is 331 g/mol. The molecule has 1 aliphatic heterocycles. The van der Waals surface area contributed by atoms with Crippen molar-refractivity contribution in [3.05, 3.63) is 78.4 Å². The number of rotatable bonds is 3. The average molecular weight is 331 g/mol. The first-order valence-corrected chi connectivity index (χ1v) is 8.16. The minimum atomic E-state index is -0.176. The lowest BCUT2D eigenvalue weighted by Gasteiger charge is -2.18. The van der Waals surface area contributed by atoms with Crippen LogP contribution in [0.1, 0.15) is 10.4 Å². The Hall–Kier alpha value is -3.27. The SMILES string of the molecule is O=C(Nc1ccc(-c2ccccc2)cc1)c1ccc2c(c1)OCCO2. The van der Waals surface area contributed by atoms with E-state index in [0.717, 1.165) is 16.8 Å². The van der Waals surface area contributed by atoms with Gasteiger partial charge in [-0.15, -0.1) is 0 Å². The molecule has 4 nitrogen and oxygen atoms in total. The van der Waals surface area contributed by atoms with E-state index in [1.165, 1.54) is 0 Å². The molecule has 0 bridgehead atoms. The summed E-state index contributed by atoms with van der Waals surface area (Å²) in [4.78, 5) is 12.4. The fourth-order valence-electron chi connectivity index (χ4n) is 2.76. The van der Waals surface area contributed by atoms with Crippen LogP contribution in [0.25, 0.3) is 11.1 Å². The summed E-state index contributed by atoms with van der Waals surface area (Å²) in [6, 6.07) is 23.1. The average Bonchev–Trinajstić information content (AvgIpc) is 2.69. The van der Waals surface area contributed by atoms with E-state index in [4.69, 9.17) is 9.47 Å². The topological polar surface area (TPSA) is 47.6 Å². The molecule has 1 N–H and O–H groups in total. The van der Waals surface area contributed by atoms with Crippen molar-refractivity contribution in [2.45, 2.75) is 0 Å². The maximum atomic E-state index is 12.4. The van der Waals surface area contributed by atoms with Gasteiger partial charge in [0, 0.05) is 11.3 Å². The number of fused-ring (bicyclic) bond motifs is 1. The highest BCUT2D eigenvalue weighted by molar-refractivity contribution is 6.04. The van der Waals surface area contributed by atoms with Crippen LogP contribution < -0.4 is 14.8 Å². The van der Waals surface area contributed by atoms with Crippen molar-refractivity contribution < 1.29 is 14.3 Å². The second kappa shape index (κ2) is 6.69. The van der Waals surface area contributed by atoms with Crippen molar-refractivity contribution in [3.63, 3.8) is 0 Å². The standard InChI is InChI=1S/C21H17NO3/c23-21(17-8-11-19-20(14-17)25-13-12-24-19)22-18-9-6-16(7-10-18)15-4-2-1-3-5-15/h1-11,14H,12-13H2,(H,22,23). The van der Waals surface area contributed by atoms with Gasteiger partial charge in [0.15, 0.2) is 11.5 Å². The number of benzene rings is 3. The van der Waals surface area contributed by atoms with Crippen molar-refractivity contribution in [1.82, 2.24) is 0 Å². The Labute approximate surface area is 146 Å². The summed E-state index contributed by atoms with van der Waals surface area (Å²) in [7, 11) is 0. The van der Waals surface area contributed by atoms with Crippen LogP contribution in [0.2, 0.25) is 0 Å². The molecule has 1 amide bonds. The minimum absolute atomic E-state index is 0.176. The molecule has 0 saturated heterocycles. The van der Waals surface area contributed by atoms with Gasteiger partial charge in [0.05, 0.1) is 0 Å². The molecule has 1 aliphatic rings. The number of hydrogen-bond donors (Lipinski definition) is 1. The zero-order valence-electron chi connectivity index (χ0n) is 13.6. The Bertz CT molecular complexity index is 889. The second-order valence-corrected chi connectivity index (χ2v) is 5.76. The van der Waals surface area contributed by atoms with Crippen molar-refractivity contribution in [3.8, 4) is 22.6 Å². The second-order valence-electron chi connectivity index (χ2n) is 5.76. The van der Waals surface area contributed by atoms with Crippen LogP contribution in [0.15, 0.2) is 72.8 Å². The van der Waals surface area contributed by atoms with Crippen LogP contribution in [-0.4, -0.2) is 19.1 Å². The van der Waals surface area contributed by atoms with Crippen molar-refractivity contribution in [2.24, 2.45) is 0 Å². The molecule has 0 aromatic heterocycles. The van der Waals surface area contributed by atoms with Crippen molar-refractivity contribution in [1.29, 1.82) is 0 Å². The first kappa shape index (κ1) is 15.3. The molecule has 0 aliphatic carbocycles. The molecule has 1 heterocycles. The Kier molecular flexibility index (Phi) is 4.09. The van der Waals surface area contributed by atoms with Crippen LogP contribution in [0.4, 0.5) is 5.69 Å². The fourth-order valence-corrected chi connectivity index (χ4v) is 2.76. The summed E-state index contributed by atoms with van der Waals surface area (Å²) in [5.41, 5.74) is 3.54. The number of hydrogen-bond acceptors (Lipinski definition) is 3. The lowest BCUT2D eigenvalue weighted by molar-refractivity contribution is 0.102. The molecule has 0 spiro atoms. The maximum absolute atomic E-state index is 12.4. The van der Waals surface area contributed by atoms with E-state index in [1.807, 2.05) is 42.5 Å². The molecule has 0 fully saturated rings. The Morgan fingerprint density at radius 2 is 1.44 bits per heavy atom. The number of amides is 1. The van der Waals surface area contributed by atoms with Gasteiger partial charge in [0.25, 0.3) is 5.91 Å². The van der Waals surface area contributed by atoms with Crippen LogP contribution in [-0.2, 0) is 0 Å². The van der Waals surface area contributed by atoms with Crippen LogP contribution >= 0.6 is 0 Å². The number of carbonyl (C=O) groups excluding carboxylic acids is 1. The van der Waals surface area contributed by atoms with Gasteiger partial charge in [0.2, 0.25) is 0 Å². The minimum Gasteiger partial charge on any atom is -0.486 e. The highest BCUT2D eigenvalue weighted by Gasteiger charge is 2.15. The normalized spacial score (nSPS) is 12.5. The molecule has 124 valence electrons. The van der Waals surface area contributed by atoms with E-state index >= 15 is 0 Å². The van der Waals surface area contributed by atoms with Gasteiger partial charge in [0.1, 0.15) is 13.2 Å². The van der Waals surface area contributed by atoms with E-state index in [0.29, 0.717) is 30.3 Å². The zero-order valence-corrected chi connectivity index (χ0v) is 13.6. The molecule has 4 rings (SSSR count). The van der Waals surface area contributed by atoms with Gasteiger partial charge >= 0.3 is 0 Å². The molecule has 0 unspecified atom stereocenters. The predicted octanol–water partition coefficient (Wildman–Crippen LogP) is 4.38. The third-order valence-electron chi connectivity index (χ3n) is 4.05. The molecular weight excluding hydrogens is 314 g/mol. The molecule has 3 aromatic rings. The van der Waals surface area contributed by atoms with E-state index in [-0.39, 0.29) is 5.91 Å². The summed E-state index contributed by atoms with van der Waals surface area (Å²) < 4.78 is 11.0. The quantitative estimate of drug-likeness (QED) is 0.775. The molecule has 3 aromatic carbocycles. The maximum Gasteiger partial charge on any atom is 0.255 e. The first-order chi connectivity index (χ1) is 12.3. The van der Waals surface area contributed by atoms with Crippen LogP contribution in [0.5, 0.6) is 11.5 Å². The molecule has 25 heavy (non-hydrogen) atoms. The summed E-state index contributed by atoms with van der Waals surface area (Å²) in [6.07, 6.45) is 0. The zero-order chi connectivity index (χ0) is 17.1. The number of anilines is 1. The summed E-state index contributed by atoms with van der Waals surface area (Å²) >= 11 is 0. The van der Waals surface area contributed by atoms with Crippen LogP contribution in [0.3, 0.4) is 0 Å². The first-order valence-electron chi connectivity index (χ1n) is 8.16. The van der Waals surface area contributed by atoms with Gasteiger partial charge in [-0.05, 0) is 41.5 Å². The highest BCUT2D eigenvalue weighted by Crippen LogP contribution is 2.31. The van der Waals surface area contributed by atoms with Gasteiger partial charge in [-0.2, -0.15) is 0 Å². The predicted molar refractivity (Wildman–Crippen MR) is 97.3 cm³/mol. The van der Waals surface area contributed by atoms with E-state index in [1.54, 1.807) is 18.2 Å². The van der Waals surface area contributed by atoms with Gasteiger partial charge < -0.3 is 14.8 Å². The Morgan fingerprint density at radius 3 is 2.20 bits per heavy atom. The molecule has 4 heteroatoms. The van der Waals surface area contributed by atoms with E-state index in [9.17, 15) is 4.79 Å². The smallest absolute Gasteiger partial charge is 0.255 e. The Balaban J connectivity index is 1.49. The van der Waals surface area contributed by atoms with E-state index in [2.05, 4.69) is 17.4 Å². The van der Waals surface area contributed by atoms with Gasteiger partial charge in [-0.25, -0.2) is 0 Å². The largest absolute Gasteiger partial charge is 0.486 e.